The van der Waals surface area contributed by atoms with Crippen LogP contribution in [0.3, 0.4) is 0 Å². The molecule has 0 N–H and O–H groups in total. The lowest BCUT2D eigenvalue weighted by Crippen LogP contribution is -2.37. The number of carbonyl (C=O) groups excluding carboxylic acids is 1. The number of amides is 1. The highest BCUT2D eigenvalue weighted by Crippen LogP contribution is 2.26. The van der Waals surface area contributed by atoms with E-state index in [9.17, 15) is 4.79 Å². The van der Waals surface area contributed by atoms with Crippen LogP contribution in [0.25, 0.3) is 0 Å². The Morgan fingerprint density at radius 1 is 1.57 bits per heavy atom. The lowest BCUT2D eigenvalue weighted by atomic mass is 10.4. The number of carbonyl (C=O) groups is 1. The van der Waals surface area contributed by atoms with E-state index in [2.05, 4.69) is 15.9 Å². The Labute approximate surface area is 93.9 Å². The van der Waals surface area contributed by atoms with E-state index in [1.165, 1.54) is 0 Å². The van der Waals surface area contributed by atoms with Gasteiger partial charge in [-0.25, -0.2) is 0 Å². The maximum atomic E-state index is 11.7. The van der Waals surface area contributed by atoms with E-state index in [1.807, 2.05) is 18.7 Å². The molecule has 0 bridgehead atoms. The van der Waals surface area contributed by atoms with Gasteiger partial charge in [-0.1, -0.05) is 15.9 Å². The Balaban J connectivity index is 2.30. The van der Waals surface area contributed by atoms with Crippen LogP contribution in [0.2, 0.25) is 0 Å². The summed E-state index contributed by atoms with van der Waals surface area (Å²) in [4.78, 5) is 13.6. The second-order valence-corrected chi connectivity index (χ2v) is 4.66. The van der Waals surface area contributed by atoms with Crippen molar-refractivity contribution in [3.63, 3.8) is 0 Å². The number of ether oxygens (including phenoxy) is 1. The predicted molar refractivity (Wildman–Crippen MR) is 59.6 cm³/mol. The first-order valence-electron chi connectivity index (χ1n) is 5.12. The van der Waals surface area contributed by atoms with Crippen LogP contribution in [0.5, 0.6) is 0 Å². The van der Waals surface area contributed by atoms with Crippen LogP contribution < -0.4 is 0 Å². The third kappa shape index (κ3) is 3.96. The van der Waals surface area contributed by atoms with Gasteiger partial charge in [-0.15, -0.1) is 0 Å². The van der Waals surface area contributed by atoms with Gasteiger partial charge < -0.3 is 9.64 Å². The zero-order chi connectivity index (χ0) is 10.6. The zero-order valence-corrected chi connectivity index (χ0v) is 10.4. The maximum absolute atomic E-state index is 11.7. The first-order chi connectivity index (χ1) is 6.65. The van der Waals surface area contributed by atoms with E-state index >= 15 is 0 Å². The van der Waals surface area contributed by atoms with E-state index in [-0.39, 0.29) is 18.6 Å². The molecule has 0 radical (unpaired) electrons. The van der Waals surface area contributed by atoms with Crippen LogP contribution in [-0.2, 0) is 9.53 Å². The van der Waals surface area contributed by atoms with Crippen molar-refractivity contribution in [1.82, 2.24) is 4.90 Å². The standard InChI is InChI=1S/C10H18BrNO2/c1-8(2)14-7-10(13)12(6-5-11)9-3-4-9/h8-9H,3-7H2,1-2H3. The van der Waals surface area contributed by atoms with Crippen molar-refractivity contribution in [2.75, 3.05) is 18.5 Å². The normalized spacial score (nSPS) is 16.0. The Bertz CT molecular complexity index is 193. The quantitative estimate of drug-likeness (QED) is 0.684. The number of alkyl halides is 1. The number of rotatable bonds is 6. The van der Waals surface area contributed by atoms with Gasteiger partial charge in [-0.05, 0) is 26.7 Å². The van der Waals surface area contributed by atoms with Crippen LogP contribution in [0.4, 0.5) is 0 Å². The predicted octanol–water partition coefficient (Wildman–Crippen LogP) is 1.80. The number of hydrogen-bond donors (Lipinski definition) is 0. The van der Waals surface area contributed by atoms with Gasteiger partial charge in [0.25, 0.3) is 0 Å². The summed E-state index contributed by atoms with van der Waals surface area (Å²) in [6, 6.07) is 0.482. The molecule has 1 rings (SSSR count). The molecular formula is C10H18BrNO2. The minimum Gasteiger partial charge on any atom is -0.369 e. The smallest absolute Gasteiger partial charge is 0.248 e. The van der Waals surface area contributed by atoms with E-state index in [4.69, 9.17) is 4.74 Å². The van der Waals surface area contributed by atoms with Crippen molar-refractivity contribution < 1.29 is 9.53 Å². The molecule has 0 aliphatic heterocycles. The second kappa shape index (κ2) is 5.71. The van der Waals surface area contributed by atoms with Gasteiger partial charge >= 0.3 is 0 Å². The molecule has 1 saturated carbocycles. The number of nitrogens with zero attached hydrogens (tertiary/aromatic N) is 1. The van der Waals surface area contributed by atoms with Gasteiger partial charge in [0.1, 0.15) is 6.61 Å². The van der Waals surface area contributed by atoms with Crippen LogP contribution >= 0.6 is 15.9 Å². The van der Waals surface area contributed by atoms with E-state index in [1.54, 1.807) is 0 Å². The molecule has 0 aromatic carbocycles. The minimum atomic E-state index is 0.126. The summed E-state index contributed by atoms with van der Waals surface area (Å²) in [6.07, 6.45) is 2.44. The molecule has 0 heterocycles. The maximum Gasteiger partial charge on any atom is 0.248 e. The van der Waals surface area contributed by atoms with Gasteiger partial charge in [0, 0.05) is 17.9 Å². The number of halogens is 1. The molecule has 3 nitrogen and oxygen atoms in total. The summed E-state index contributed by atoms with van der Waals surface area (Å²) in [5, 5.41) is 0.844. The molecule has 0 aromatic heterocycles. The average Bonchev–Trinajstić information content (AvgIpc) is 2.93. The molecule has 0 unspecified atom stereocenters. The Hall–Kier alpha value is -0.0900. The highest BCUT2D eigenvalue weighted by Gasteiger charge is 2.31. The van der Waals surface area contributed by atoms with Crippen molar-refractivity contribution in [2.24, 2.45) is 0 Å². The Morgan fingerprint density at radius 3 is 2.64 bits per heavy atom. The lowest BCUT2D eigenvalue weighted by molar-refractivity contribution is -0.137. The molecule has 1 amide bonds. The topological polar surface area (TPSA) is 29.5 Å². The molecule has 4 heteroatoms. The monoisotopic (exact) mass is 263 g/mol. The Morgan fingerprint density at radius 2 is 2.21 bits per heavy atom. The van der Waals surface area contributed by atoms with Crippen molar-refractivity contribution in [2.45, 2.75) is 38.8 Å². The van der Waals surface area contributed by atoms with Gasteiger partial charge in [0.2, 0.25) is 5.91 Å². The van der Waals surface area contributed by atoms with Crippen molar-refractivity contribution in [1.29, 1.82) is 0 Å². The van der Waals surface area contributed by atoms with Crippen LogP contribution in [0, 0.1) is 0 Å². The van der Waals surface area contributed by atoms with E-state index in [0.29, 0.717) is 6.04 Å². The van der Waals surface area contributed by atoms with Crippen LogP contribution in [-0.4, -0.2) is 41.4 Å². The van der Waals surface area contributed by atoms with Crippen molar-refractivity contribution in [3.05, 3.63) is 0 Å². The van der Waals surface area contributed by atoms with Gasteiger partial charge in [0.15, 0.2) is 0 Å². The number of hydrogen-bond acceptors (Lipinski definition) is 2. The van der Waals surface area contributed by atoms with Crippen molar-refractivity contribution >= 4 is 21.8 Å². The first-order valence-corrected chi connectivity index (χ1v) is 6.24. The summed E-state index contributed by atoms with van der Waals surface area (Å²) < 4.78 is 5.30. The highest BCUT2D eigenvalue weighted by atomic mass is 79.9. The summed E-state index contributed by atoms with van der Waals surface area (Å²) in [7, 11) is 0. The minimum absolute atomic E-state index is 0.126. The van der Waals surface area contributed by atoms with Crippen LogP contribution in [0.1, 0.15) is 26.7 Å². The molecular weight excluding hydrogens is 246 g/mol. The molecule has 82 valence electrons. The Kier molecular flexibility index (Phi) is 4.89. The van der Waals surface area contributed by atoms with Crippen LogP contribution in [0.15, 0.2) is 0 Å². The molecule has 0 atom stereocenters. The van der Waals surface area contributed by atoms with Gasteiger partial charge in [-0.2, -0.15) is 0 Å². The van der Waals surface area contributed by atoms with Crippen molar-refractivity contribution in [3.8, 4) is 0 Å². The van der Waals surface area contributed by atoms with E-state index < -0.39 is 0 Å². The first kappa shape index (κ1) is 12.0. The van der Waals surface area contributed by atoms with Gasteiger partial charge in [-0.3, -0.25) is 4.79 Å². The van der Waals surface area contributed by atoms with E-state index in [0.717, 1.165) is 24.7 Å². The molecule has 1 aliphatic carbocycles. The van der Waals surface area contributed by atoms with Gasteiger partial charge in [0.05, 0.1) is 6.10 Å². The molecule has 0 saturated heterocycles. The molecule has 0 spiro atoms. The molecule has 14 heavy (non-hydrogen) atoms. The SMILES string of the molecule is CC(C)OCC(=O)N(CCBr)C1CC1. The third-order valence-electron chi connectivity index (χ3n) is 2.17. The summed E-state index contributed by atoms with van der Waals surface area (Å²) in [5.41, 5.74) is 0. The molecule has 0 aromatic rings. The molecule has 1 aliphatic rings. The third-order valence-corrected chi connectivity index (χ3v) is 2.53. The second-order valence-electron chi connectivity index (χ2n) is 3.87. The fourth-order valence-electron chi connectivity index (χ4n) is 1.31. The molecule has 1 fully saturated rings. The largest absolute Gasteiger partial charge is 0.369 e. The fraction of sp³-hybridized carbons (Fsp3) is 0.900. The summed E-state index contributed by atoms with van der Waals surface area (Å²) >= 11 is 3.36. The summed E-state index contributed by atoms with van der Waals surface area (Å²) in [6.45, 7) is 4.91. The summed E-state index contributed by atoms with van der Waals surface area (Å²) in [5.74, 6) is 0.126. The fourth-order valence-corrected chi connectivity index (χ4v) is 1.69. The highest BCUT2D eigenvalue weighted by molar-refractivity contribution is 9.09. The zero-order valence-electron chi connectivity index (χ0n) is 8.83. The average molecular weight is 264 g/mol. The lowest BCUT2D eigenvalue weighted by Gasteiger charge is -2.21.